The average molecular weight is 342 g/mol. The Morgan fingerprint density at radius 3 is 2.67 bits per heavy atom. The lowest BCUT2D eigenvalue weighted by molar-refractivity contribution is -0.122. The Morgan fingerprint density at radius 1 is 1.17 bits per heavy atom. The van der Waals surface area contributed by atoms with Gasteiger partial charge in [0.2, 0.25) is 5.82 Å². The Labute approximate surface area is 141 Å². The van der Waals surface area contributed by atoms with Gasteiger partial charge in [-0.15, -0.1) is 21.5 Å². The molecule has 0 fully saturated rings. The molecule has 0 bridgehead atoms. The highest BCUT2D eigenvalue weighted by Crippen LogP contribution is 2.13. The van der Waals surface area contributed by atoms with Crippen LogP contribution >= 0.6 is 11.3 Å². The summed E-state index contributed by atoms with van der Waals surface area (Å²) in [7, 11) is 0. The van der Waals surface area contributed by atoms with Gasteiger partial charge in [0.1, 0.15) is 6.54 Å². The normalized spacial score (nSPS) is 10.4. The Bertz CT molecular complexity index is 841. The number of hydrogen-bond acceptors (Lipinski definition) is 6. The van der Waals surface area contributed by atoms with Gasteiger partial charge >= 0.3 is 0 Å². The number of nitrogens with zero attached hydrogens (tertiary/aromatic N) is 4. The van der Waals surface area contributed by atoms with Crippen LogP contribution in [-0.2, 0) is 11.3 Å². The molecule has 8 nitrogen and oxygen atoms in total. The zero-order valence-corrected chi connectivity index (χ0v) is 13.6. The number of rotatable bonds is 4. The third kappa shape index (κ3) is 3.82. The molecule has 0 aliphatic heterocycles. The first-order valence-corrected chi connectivity index (χ1v) is 7.97. The molecule has 122 valence electrons. The number of amides is 2. The molecule has 3 aromatic rings. The number of carbonyl (C=O) groups is 2. The second kappa shape index (κ2) is 7.01. The highest BCUT2D eigenvalue weighted by Gasteiger charge is 2.11. The summed E-state index contributed by atoms with van der Waals surface area (Å²) < 4.78 is 0. The van der Waals surface area contributed by atoms with Crippen molar-refractivity contribution in [3.63, 3.8) is 0 Å². The van der Waals surface area contributed by atoms with Gasteiger partial charge in [0.05, 0.1) is 4.88 Å². The Balaban J connectivity index is 1.55. The van der Waals surface area contributed by atoms with Crippen molar-refractivity contribution >= 4 is 23.2 Å². The maximum Gasteiger partial charge on any atom is 0.279 e. The fraction of sp³-hybridized carbons (Fsp3) is 0.133. The molecular weight excluding hydrogens is 328 g/mol. The van der Waals surface area contributed by atoms with Crippen LogP contribution in [0.4, 0.5) is 0 Å². The Kier molecular flexibility index (Phi) is 4.62. The van der Waals surface area contributed by atoms with E-state index in [1.807, 2.05) is 31.2 Å². The van der Waals surface area contributed by atoms with Crippen LogP contribution in [0.1, 0.15) is 15.2 Å². The van der Waals surface area contributed by atoms with E-state index in [1.165, 1.54) is 16.1 Å². The van der Waals surface area contributed by atoms with Gasteiger partial charge in [-0.3, -0.25) is 20.4 Å². The summed E-state index contributed by atoms with van der Waals surface area (Å²) in [6.07, 6.45) is 0. The van der Waals surface area contributed by atoms with Crippen LogP contribution in [0.15, 0.2) is 41.8 Å². The van der Waals surface area contributed by atoms with Gasteiger partial charge in [0.15, 0.2) is 0 Å². The van der Waals surface area contributed by atoms with Crippen LogP contribution in [-0.4, -0.2) is 32.0 Å². The van der Waals surface area contributed by atoms with E-state index in [0.717, 1.165) is 11.1 Å². The number of hydrazine groups is 1. The van der Waals surface area contributed by atoms with E-state index in [0.29, 0.717) is 10.7 Å². The van der Waals surface area contributed by atoms with E-state index in [2.05, 4.69) is 26.3 Å². The zero-order valence-electron chi connectivity index (χ0n) is 12.8. The van der Waals surface area contributed by atoms with Gasteiger partial charge in [-0.1, -0.05) is 35.9 Å². The fourth-order valence-corrected chi connectivity index (χ4v) is 2.51. The molecule has 9 heteroatoms. The molecule has 2 aromatic heterocycles. The molecule has 2 heterocycles. The highest BCUT2D eigenvalue weighted by atomic mass is 32.1. The number of hydrogen-bond donors (Lipinski definition) is 2. The van der Waals surface area contributed by atoms with Crippen LogP contribution in [0.3, 0.4) is 0 Å². The van der Waals surface area contributed by atoms with Crippen molar-refractivity contribution in [2.24, 2.45) is 0 Å². The molecule has 0 spiro atoms. The fourth-order valence-electron chi connectivity index (χ4n) is 1.89. The van der Waals surface area contributed by atoms with Gasteiger partial charge in [0.25, 0.3) is 11.8 Å². The van der Waals surface area contributed by atoms with Crippen LogP contribution in [0.25, 0.3) is 11.4 Å². The van der Waals surface area contributed by atoms with Gasteiger partial charge in [0, 0.05) is 5.56 Å². The van der Waals surface area contributed by atoms with Crippen molar-refractivity contribution in [2.75, 3.05) is 0 Å². The number of tetrazole rings is 1. The maximum atomic E-state index is 11.8. The summed E-state index contributed by atoms with van der Waals surface area (Å²) in [5.74, 6) is -0.386. The second-order valence-corrected chi connectivity index (χ2v) is 5.94. The van der Waals surface area contributed by atoms with E-state index < -0.39 is 5.91 Å². The van der Waals surface area contributed by atoms with Crippen molar-refractivity contribution in [1.82, 2.24) is 31.1 Å². The number of aryl methyl sites for hydroxylation is 1. The van der Waals surface area contributed by atoms with Gasteiger partial charge in [-0.05, 0) is 23.6 Å². The number of thiophene rings is 1. The minimum atomic E-state index is -0.451. The molecule has 0 saturated heterocycles. The molecule has 2 amide bonds. The molecule has 0 saturated carbocycles. The second-order valence-electron chi connectivity index (χ2n) is 4.99. The molecule has 0 atom stereocenters. The Morgan fingerprint density at radius 2 is 1.96 bits per heavy atom. The van der Waals surface area contributed by atoms with Crippen molar-refractivity contribution < 1.29 is 9.59 Å². The average Bonchev–Trinajstić information content (AvgIpc) is 3.25. The smallest absolute Gasteiger partial charge is 0.271 e. The SMILES string of the molecule is Cc1ccc(-c2nnn(CC(=O)NNC(=O)c3cccs3)n2)cc1. The van der Waals surface area contributed by atoms with E-state index in [1.54, 1.807) is 17.5 Å². The lowest BCUT2D eigenvalue weighted by Gasteiger charge is -2.05. The summed E-state index contributed by atoms with van der Waals surface area (Å²) >= 11 is 1.29. The number of aromatic nitrogens is 4. The van der Waals surface area contributed by atoms with Crippen molar-refractivity contribution in [2.45, 2.75) is 13.5 Å². The summed E-state index contributed by atoms with van der Waals surface area (Å²) in [4.78, 5) is 25.2. The van der Waals surface area contributed by atoms with E-state index >= 15 is 0 Å². The van der Waals surface area contributed by atoms with Gasteiger partial charge in [-0.25, -0.2) is 0 Å². The first-order valence-electron chi connectivity index (χ1n) is 7.09. The van der Waals surface area contributed by atoms with Crippen LogP contribution < -0.4 is 10.9 Å². The largest absolute Gasteiger partial charge is 0.279 e. The predicted octanol–water partition coefficient (Wildman–Crippen LogP) is 1.17. The number of benzene rings is 1. The number of nitrogens with one attached hydrogen (secondary N) is 2. The molecule has 1 aromatic carbocycles. The summed E-state index contributed by atoms with van der Waals surface area (Å²) in [6.45, 7) is 1.84. The molecule has 0 radical (unpaired) electrons. The molecule has 2 N–H and O–H groups in total. The maximum absolute atomic E-state index is 11.8. The third-order valence-corrected chi connectivity index (χ3v) is 3.98. The van der Waals surface area contributed by atoms with Crippen LogP contribution in [0.2, 0.25) is 0 Å². The highest BCUT2D eigenvalue weighted by molar-refractivity contribution is 7.12. The lowest BCUT2D eigenvalue weighted by atomic mass is 10.1. The number of carbonyl (C=O) groups excluding carboxylic acids is 2. The minimum Gasteiger partial charge on any atom is -0.271 e. The van der Waals surface area contributed by atoms with E-state index in [-0.39, 0.29) is 12.5 Å². The summed E-state index contributed by atoms with van der Waals surface area (Å²) in [6, 6.07) is 11.1. The standard InChI is InChI=1S/C15H14N6O2S/c1-10-4-6-11(7-5-10)14-17-20-21(19-14)9-13(22)16-18-15(23)12-3-2-8-24-12/h2-8H,9H2,1H3,(H,16,22)(H,18,23). The monoisotopic (exact) mass is 342 g/mol. The van der Waals surface area contributed by atoms with Crippen molar-refractivity contribution in [3.8, 4) is 11.4 Å². The first kappa shape index (κ1) is 15.8. The van der Waals surface area contributed by atoms with Crippen LogP contribution in [0.5, 0.6) is 0 Å². The van der Waals surface area contributed by atoms with E-state index in [4.69, 9.17) is 0 Å². The molecule has 3 rings (SSSR count). The quantitative estimate of drug-likeness (QED) is 0.693. The molecule has 24 heavy (non-hydrogen) atoms. The first-order chi connectivity index (χ1) is 11.6. The predicted molar refractivity (Wildman–Crippen MR) is 87.9 cm³/mol. The zero-order chi connectivity index (χ0) is 16.9. The van der Waals surface area contributed by atoms with Crippen molar-refractivity contribution in [3.05, 3.63) is 52.2 Å². The van der Waals surface area contributed by atoms with Crippen LogP contribution in [0, 0.1) is 6.92 Å². The molecule has 0 aliphatic carbocycles. The minimum absolute atomic E-state index is 0.149. The van der Waals surface area contributed by atoms with Gasteiger partial charge < -0.3 is 0 Å². The van der Waals surface area contributed by atoms with Gasteiger partial charge in [-0.2, -0.15) is 4.80 Å². The molecule has 0 aliphatic rings. The molecular formula is C15H14N6O2S. The third-order valence-electron chi connectivity index (χ3n) is 3.11. The summed E-state index contributed by atoms with van der Waals surface area (Å²) in [5, 5.41) is 13.7. The molecule has 0 unspecified atom stereocenters. The Hall–Kier alpha value is -3.07. The lowest BCUT2D eigenvalue weighted by Crippen LogP contribution is -2.43. The van der Waals surface area contributed by atoms with Crippen molar-refractivity contribution in [1.29, 1.82) is 0 Å². The van der Waals surface area contributed by atoms with E-state index in [9.17, 15) is 9.59 Å². The topological polar surface area (TPSA) is 102 Å². The summed E-state index contributed by atoms with van der Waals surface area (Å²) in [5.41, 5.74) is 6.60.